The van der Waals surface area contributed by atoms with Crippen LogP contribution in [0, 0.1) is 0 Å². The van der Waals surface area contributed by atoms with Crippen molar-refractivity contribution in [2.24, 2.45) is 0 Å². The summed E-state index contributed by atoms with van der Waals surface area (Å²) in [6, 6.07) is 6.49. The third kappa shape index (κ3) is 2.13. The van der Waals surface area contributed by atoms with Crippen LogP contribution in [0.5, 0.6) is 0 Å². The molecule has 84 valence electrons. The number of hydrogen-bond acceptors (Lipinski definition) is 2. The van der Waals surface area contributed by atoms with E-state index in [0.29, 0.717) is 19.6 Å². The number of carboxylic acid groups (broad SMARTS) is 1. The summed E-state index contributed by atoms with van der Waals surface area (Å²) in [5, 5.41) is 11.4. The summed E-state index contributed by atoms with van der Waals surface area (Å²) < 4.78 is 0. The Balaban J connectivity index is 2.05. The minimum absolute atomic E-state index is 0.0673. The maximum absolute atomic E-state index is 11.3. The Morgan fingerprint density at radius 2 is 2.06 bits per heavy atom. The molecule has 1 aromatic rings. The number of carbonyl (C=O) groups is 2. The lowest BCUT2D eigenvalue weighted by Crippen LogP contribution is -2.27. The van der Waals surface area contributed by atoms with Crippen molar-refractivity contribution in [1.29, 1.82) is 0 Å². The van der Waals surface area contributed by atoms with E-state index in [0.717, 1.165) is 5.56 Å². The van der Waals surface area contributed by atoms with Gasteiger partial charge >= 0.3 is 12.0 Å². The second-order valence-corrected chi connectivity index (χ2v) is 3.66. The van der Waals surface area contributed by atoms with Gasteiger partial charge in [0.2, 0.25) is 0 Å². The Labute approximate surface area is 92.7 Å². The van der Waals surface area contributed by atoms with Crippen LogP contribution in [-0.4, -0.2) is 35.1 Å². The van der Waals surface area contributed by atoms with Crippen molar-refractivity contribution in [2.75, 3.05) is 13.1 Å². The van der Waals surface area contributed by atoms with E-state index in [9.17, 15) is 9.59 Å². The molecule has 5 nitrogen and oxygen atoms in total. The number of rotatable bonds is 3. The standard InChI is InChI=1S/C11H12N2O3/c14-10(15)9-3-1-8(2-4-9)7-13-6-5-12-11(13)16/h1-4H,5-7H2,(H,12,16)(H,14,15). The van der Waals surface area contributed by atoms with Crippen molar-refractivity contribution in [2.45, 2.75) is 6.54 Å². The minimum Gasteiger partial charge on any atom is -0.478 e. The Hall–Kier alpha value is -2.04. The van der Waals surface area contributed by atoms with Crippen molar-refractivity contribution in [3.05, 3.63) is 35.4 Å². The number of aromatic carboxylic acids is 1. The van der Waals surface area contributed by atoms with Gasteiger partial charge in [-0.05, 0) is 17.7 Å². The maximum atomic E-state index is 11.3. The van der Waals surface area contributed by atoms with Gasteiger partial charge in [0.05, 0.1) is 5.56 Å². The zero-order valence-electron chi connectivity index (χ0n) is 8.64. The summed E-state index contributed by atoms with van der Waals surface area (Å²) >= 11 is 0. The molecule has 0 atom stereocenters. The molecule has 2 N–H and O–H groups in total. The molecule has 0 radical (unpaired) electrons. The van der Waals surface area contributed by atoms with Gasteiger partial charge in [0, 0.05) is 19.6 Å². The molecular weight excluding hydrogens is 208 g/mol. The summed E-state index contributed by atoms with van der Waals surface area (Å²) in [5.41, 5.74) is 1.19. The molecule has 2 rings (SSSR count). The van der Waals surface area contributed by atoms with Crippen LogP contribution in [0.25, 0.3) is 0 Å². The Morgan fingerprint density at radius 1 is 1.38 bits per heavy atom. The fourth-order valence-corrected chi connectivity index (χ4v) is 1.64. The molecule has 0 bridgehead atoms. The Bertz CT molecular complexity index is 414. The third-order valence-corrected chi connectivity index (χ3v) is 2.52. The first kappa shape index (κ1) is 10.5. The fraction of sp³-hybridized carbons (Fsp3) is 0.273. The number of urea groups is 1. The predicted octanol–water partition coefficient (Wildman–Crippen LogP) is 0.910. The number of nitrogens with zero attached hydrogens (tertiary/aromatic N) is 1. The van der Waals surface area contributed by atoms with Gasteiger partial charge in [0.25, 0.3) is 0 Å². The van der Waals surface area contributed by atoms with E-state index in [1.54, 1.807) is 29.2 Å². The summed E-state index contributed by atoms with van der Waals surface area (Å²) in [7, 11) is 0. The first-order valence-corrected chi connectivity index (χ1v) is 5.02. The van der Waals surface area contributed by atoms with Crippen molar-refractivity contribution in [1.82, 2.24) is 10.2 Å². The lowest BCUT2D eigenvalue weighted by molar-refractivity contribution is 0.0697. The summed E-state index contributed by atoms with van der Waals surface area (Å²) in [6.45, 7) is 1.89. The minimum atomic E-state index is -0.939. The lowest BCUT2D eigenvalue weighted by atomic mass is 10.1. The van der Waals surface area contributed by atoms with E-state index >= 15 is 0 Å². The predicted molar refractivity (Wildman–Crippen MR) is 57.2 cm³/mol. The fourth-order valence-electron chi connectivity index (χ4n) is 1.64. The average Bonchev–Trinajstić information content (AvgIpc) is 2.65. The van der Waals surface area contributed by atoms with E-state index in [2.05, 4.69) is 5.32 Å². The smallest absolute Gasteiger partial charge is 0.335 e. The van der Waals surface area contributed by atoms with Gasteiger partial charge in [-0.1, -0.05) is 12.1 Å². The normalized spacial score (nSPS) is 15.0. The van der Waals surface area contributed by atoms with Crippen LogP contribution in [0.15, 0.2) is 24.3 Å². The monoisotopic (exact) mass is 220 g/mol. The zero-order chi connectivity index (χ0) is 11.5. The van der Waals surface area contributed by atoms with E-state index in [1.807, 2.05) is 0 Å². The largest absolute Gasteiger partial charge is 0.478 e. The molecule has 1 fully saturated rings. The van der Waals surface area contributed by atoms with Gasteiger partial charge in [-0.15, -0.1) is 0 Å². The molecule has 0 spiro atoms. The van der Waals surface area contributed by atoms with Crippen molar-refractivity contribution in [3.8, 4) is 0 Å². The van der Waals surface area contributed by atoms with E-state index in [-0.39, 0.29) is 11.6 Å². The van der Waals surface area contributed by atoms with Crippen molar-refractivity contribution >= 4 is 12.0 Å². The topological polar surface area (TPSA) is 69.6 Å². The number of nitrogens with one attached hydrogen (secondary N) is 1. The van der Waals surface area contributed by atoms with Gasteiger partial charge in [0.15, 0.2) is 0 Å². The van der Waals surface area contributed by atoms with E-state index in [1.165, 1.54) is 0 Å². The molecule has 1 aromatic carbocycles. The number of amides is 2. The van der Waals surface area contributed by atoms with Crippen LogP contribution < -0.4 is 5.32 Å². The highest BCUT2D eigenvalue weighted by Gasteiger charge is 2.19. The molecule has 16 heavy (non-hydrogen) atoms. The van der Waals surface area contributed by atoms with Crippen LogP contribution in [0.3, 0.4) is 0 Å². The highest BCUT2D eigenvalue weighted by atomic mass is 16.4. The number of carboxylic acids is 1. The Morgan fingerprint density at radius 3 is 2.56 bits per heavy atom. The summed E-state index contributed by atoms with van der Waals surface area (Å²) in [6.07, 6.45) is 0. The number of hydrogen-bond donors (Lipinski definition) is 2. The van der Waals surface area contributed by atoms with Crippen LogP contribution in [0.1, 0.15) is 15.9 Å². The Kier molecular flexibility index (Phi) is 2.76. The first-order chi connectivity index (χ1) is 7.66. The van der Waals surface area contributed by atoms with Crippen LogP contribution in [0.2, 0.25) is 0 Å². The summed E-state index contributed by atoms with van der Waals surface area (Å²) in [5.74, 6) is -0.939. The molecule has 1 heterocycles. The number of benzene rings is 1. The third-order valence-electron chi connectivity index (χ3n) is 2.52. The van der Waals surface area contributed by atoms with Gasteiger partial charge in [-0.2, -0.15) is 0 Å². The molecular formula is C11H12N2O3. The van der Waals surface area contributed by atoms with Crippen molar-refractivity contribution in [3.63, 3.8) is 0 Å². The zero-order valence-corrected chi connectivity index (χ0v) is 8.64. The van der Waals surface area contributed by atoms with Gasteiger partial charge < -0.3 is 15.3 Å². The second kappa shape index (κ2) is 4.22. The van der Waals surface area contributed by atoms with Crippen molar-refractivity contribution < 1.29 is 14.7 Å². The molecule has 1 aliphatic heterocycles. The van der Waals surface area contributed by atoms with Crippen LogP contribution in [0.4, 0.5) is 4.79 Å². The van der Waals surface area contributed by atoms with Gasteiger partial charge in [-0.3, -0.25) is 0 Å². The van der Waals surface area contributed by atoms with E-state index in [4.69, 9.17) is 5.11 Å². The summed E-state index contributed by atoms with van der Waals surface area (Å²) in [4.78, 5) is 23.6. The molecule has 0 saturated carbocycles. The van der Waals surface area contributed by atoms with Gasteiger partial charge in [0.1, 0.15) is 0 Å². The average molecular weight is 220 g/mol. The highest BCUT2D eigenvalue weighted by molar-refractivity contribution is 5.87. The molecule has 1 saturated heterocycles. The second-order valence-electron chi connectivity index (χ2n) is 3.66. The lowest BCUT2D eigenvalue weighted by Gasteiger charge is -2.13. The SMILES string of the molecule is O=C(O)c1ccc(CN2CCNC2=O)cc1. The molecule has 0 aromatic heterocycles. The van der Waals surface area contributed by atoms with Crippen LogP contribution >= 0.6 is 0 Å². The molecule has 5 heteroatoms. The van der Waals surface area contributed by atoms with Crippen LogP contribution in [-0.2, 0) is 6.54 Å². The molecule has 0 unspecified atom stereocenters. The maximum Gasteiger partial charge on any atom is 0.335 e. The van der Waals surface area contributed by atoms with Gasteiger partial charge in [-0.25, -0.2) is 9.59 Å². The van der Waals surface area contributed by atoms with E-state index < -0.39 is 5.97 Å². The molecule has 0 aliphatic carbocycles. The highest BCUT2D eigenvalue weighted by Crippen LogP contribution is 2.09. The number of carbonyl (C=O) groups excluding carboxylic acids is 1. The quantitative estimate of drug-likeness (QED) is 0.795. The first-order valence-electron chi connectivity index (χ1n) is 5.02. The molecule has 1 aliphatic rings. The molecule has 2 amide bonds.